The number of para-hydroxylation sites is 1. The Morgan fingerprint density at radius 3 is 2.86 bits per heavy atom. The van der Waals surface area contributed by atoms with Gasteiger partial charge in [-0.05, 0) is 31.4 Å². The summed E-state index contributed by atoms with van der Waals surface area (Å²) < 4.78 is 5.27. The lowest BCUT2D eigenvalue weighted by Gasteiger charge is -2.40. The van der Waals surface area contributed by atoms with Gasteiger partial charge in [-0.1, -0.05) is 18.2 Å². The molecule has 0 aromatic heterocycles. The molecule has 21 heavy (non-hydrogen) atoms. The van der Waals surface area contributed by atoms with E-state index in [-0.39, 0.29) is 12.5 Å². The summed E-state index contributed by atoms with van der Waals surface area (Å²) in [5, 5.41) is 19.8. The molecule has 2 N–H and O–H groups in total. The molecule has 1 fully saturated rings. The second-order valence-corrected chi connectivity index (χ2v) is 5.77. The number of aliphatic hydroxyl groups is 2. The van der Waals surface area contributed by atoms with Crippen LogP contribution in [0.5, 0.6) is 5.75 Å². The molecule has 5 nitrogen and oxygen atoms in total. The third kappa shape index (κ3) is 3.74. The normalized spacial score (nSPS) is 25.7. The zero-order chi connectivity index (χ0) is 15.5. The predicted octanol–water partition coefficient (Wildman–Crippen LogP) is 0.972. The SMILES string of the molecule is COc1ccccc1CCC(=O)N1CC[C@](C)(O)[C@@H](O)C1. The van der Waals surface area contributed by atoms with Gasteiger partial charge < -0.3 is 19.8 Å². The summed E-state index contributed by atoms with van der Waals surface area (Å²) in [4.78, 5) is 13.8. The number of aliphatic hydroxyl groups excluding tert-OH is 1. The third-order valence-corrected chi connectivity index (χ3v) is 4.15. The van der Waals surface area contributed by atoms with Crippen molar-refractivity contribution in [3.05, 3.63) is 29.8 Å². The number of aryl methyl sites for hydroxylation is 1. The molecule has 0 bridgehead atoms. The fourth-order valence-electron chi connectivity index (χ4n) is 2.56. The molecule has 5 heteroatoms. The molecule has 0 saturated carbocycles. The van der Waals surface area contributed by atoms with Crippen LogP contribution < -0.4 is 4.74 Å². The number of rotatable bonds is 4. The van der Waals surface area contributed by atoms with Crippen molar-refractivity contribution in [1.82, 2.24) is 4.90 Å². The number of amides is 1. The predicted molar refractivity (Wildman–Crippen MR) is 79.1 cm³/mol. The smallest absolute Gasteiger partial charge is 0.222 e. The zero-order valence-electron chi connectivity index (χ0n) is 12.6. The zero-order valence-corrected chi connectivity index (χ0v) is 12.6. The van der Waals surface area contributed by atoms with E-state index in [1.807, 2.05) is 24.3 Å². The summed E-state index contributed by atoms with van der Waals surface area (Å²) in [6, 6.07) is 7.64. The van der Waals surface area contributed by atoms with E-state index in [0.29, 0.717) is 25.8 Å². The van der Waals surface area contributed by atoms with E-state index < -0.39 is 11.7 Å². The summed E-state index contributed by atoms with van der Waals surface area (Å²) in [5.74, 6) is 0.780. The maximum absolute atomic E-state index is 12.2. The molecule has 1 aromatic carbocycles. The standard InChI is InChI=1S/C16H23NO4/c1-16(20)9-10-17(11-14(16)18)15(19)8-7-12-5-3-4-6-13(12)21-2/h3-6,14,18,20H,7-11H2,1-2H3/t14-,16-/m0/s1. The first-order valence-corrected chi connectivity index (χ1v) is 7.24. The van der Waals surface area contributed by atoms with Crippen molar-refractivity contribution in [3.63, 3.8) is 0 Å². The Morgan fingerprint density at radius 1 is 1.48 bits per heavy atom. The van der Waals surface area contributed by atoms with Gasteiger partial charge in [0, 0.05) is 19.5 Å². The van der Waals surface area contributed by atoms with Gasteiger partial charge in [-0.3, -0.25) is 4.79 Å². The van der Waals surface area contributed by atoms with Crippen molar-refractivity contribution in [1.29, 1.82) is 0 Å². The van der Waals surface area contributed by atoms with Gasteiger partial charge in [0.2, 0.25) is 5.91 Å². The second kappa shape index (κ2) is 6.45. The molecule has 1 saturated heterocycles. The van der Waals surface area contributed by atoms with Gasteiger partial charge in [-0.25, -0.2) is 0 Å². The van der Waals surface area contributed by atoms with Crippen molar-refractivity contribution in [2.24, 2.45) is 0 Å². The molecule has 2 atom stereocenters. The highest BCUT2D eigenvalue weighted by molar-refractivity contribution is 5.76. The molecule has 2 rings (SSSR count). The number of methoxy groups -OCH3 is 1. The molecule has 1 aliphatic heterocycles. The fraction of sp³-hybridized carbons (Fsp3) is 0.562. The average Bonchev–Trinajstić information content (AvgIpc) is 2.48. The summed E-state index contributed by atoms with van der Waals surface area (Å²) in [7, 11) is 1.61. The van der Waals surface area contributed by atoms with Gasteiger partial charge in [-0.2, -0.15) is 0 Å². The van der Waals surface area contributed by atoms with Crippen molar-refractivity contribution in [2.45, 2.75) is 37.9 Å². The number of hydrogen-bond donors (Lipinski definition) is 2. The van der Waals surface area contributed by atoms with Crippen LogP contribution in [0.4, 0.5) is 0 Å². The molecule has 0 unspecified atom stereocenters. The van der Waals surface area contributed by atoms with Crippen LogP contribution in [-0.4, -0.2) is 52.9 Å². The summed E-state index contributed by atoms with van der Waals surface area (Å²) in [5.41, 5.74) is -0.0997. The second-order valence-electron chi connectivity index (χ2n) is 5.77. The first kappa shape index (κ1) is 15.8. The average molecular weight is 293 g/mol. The van der Waals surface area contributed by atoms with Crippen molar-refractivity contribution in [2.75, 3.05) is 20.2 Å². The molecular formula is C16H23NO4. The number of piperidine rings is 1. The van der Waals surface area contributed by atoms with E-state index in [0.717, 1.165) is 11.3 Å². The lowest BCUT2D eigenvalue weighted by Crippen LogP contribution is -2.55. The largest absolute Gasteiger partial charge is 0.496 e. The van der Waals surface area contributed by atoms with Crippen LogP contribution in [0.1, 0.15) is 25.3 Å². The molecular weight excluding hydrogens is 270 g/mol. The van der Waals surface area contributed by atoms with Gasteiger partial charge in [0.05, 0.1) is 18.8 Å². The maximum atomic E-state index is 12.2. The molecule has 0 aliphatic carbocycles. The third-order valence-electron chi connectivity index (χ3n) is 4.15. The van der Waals surface area contributed by atoms with Crippen LogP contribution in [0.3, 0.4) is 0 Å². The highest BCUT2D eigenvalue weighted by atomic mass is 16.5. The van der Waals surface area contributed by atoms with Crippen molar-refractivity contribution < 1.29 is 19.7 Å². The van der Waals surface area contributed by atoms with Crippen LogP contribution in [0.15, 0.2) is 24.3 Å². The number of likely N-dealkylation sites (tertiary alicyclic amines) is 1. The topological polar surface area (TPSA) is 70.0 Å². The van der Waals surface area contributed by atoms with Gasteiger partial charge in [0.15, 0.2) is 0 Å². The van der Waals surface area contributed by atoms with E-state index in [2.05, 4.69) is 0 Å². The van der Waals surface area contributed by atoms with Gasteiger partial charge >= 0.3 is 0 Å². The van der Waals surface area contributed by atoms with E-state index in [1.165, 1.54) is 0 Å². The minimum atomic E-state index is -1.10. The lowest BCUT2D eigenvalue weighted by molar-refractivity contribution is -0.146. The van der Waals surface area contributed by atoms with Crippen LogP contribution >= 0.6 is 0 Å². The van der Waals surface area contributed by atoms with Crippen molar-refractivity contribution >= 4 is 5.91 Å². The number of β-amino-alcohol motifs (C(OH)–C–C–N with tert-alkyl or cyclic N) is 1. The first-order chi connectivity index (χ1) is 9.94. The van der Waals surface area contributed by atoms with Gasteiger partial charge in [-0.15, -0.1) is 0 Å². The Labute approximate surface area is 125 Å². The number of carbonyl (C=O) groups excluding carboxylic acids is 1. The Morgan fingerprint density at radius 2 is 2.19 bits per heavy atom. The number of benzene rings is 1. The molecule has 1 aromatic rings. The highest BCUT2D eigenvalue weighted by Gasteiger charge is 2.37. The molecule has 1 heterocycles. The van der Waals surface area contributed by atoms with E-state index in [9.17, 15) is 15.0 Å². The number of ether oxygens (including phenoxy) is 1. The lowest BCUT2D eigenvalue weighted by atomic mass is 9.90. The molecule has 1 amide bonds. The minimum Gasteiger partial charge on any atom is -0.496 e. The van der Waals surface area contributed by atoms with Crippen LogP contribution in [-0.2, 0) is 11.2 Å². The molecule has 0 radical (unpaired) electrons. The van der Waals surface area contributed by atoms with Gasteiger partial charge in [0.1, 0.15) is 5.75 Å². The highest BCUT2D eigenvalue weighted by Crippen LogP contribution is 2.23. The summed E-state index contributed by atoms with van der Waals surface area (Å²) >= 11 is 0. The Kier molecular flexibility index (Phi) is 4.85. The van der Waals surface area contributed by atoms with Crippen LogP contribution in [0, 0.1) is 0 Å². The van der Waals surface area contributed by atoms with Crippen LogP contribution in [0.25, 0.3) is 0 Å². The minimum absolute atomic E-state index is 0.00421. The molecule has 1 aliphatic rings. The Balaban J connectivity index is 1.91. The Hall–Kier alpha value is -1.59. The Bertz CT molecular complexity index is 501. The number of nitrogens with zero attached hydrogens (tertiary/aromatic N) is 1. The van der Waals surface area contributed by atoms with Crippen molar-refractivity contribution in [3.8, 4) is 5.75 Å². The first-order valence-electron chi connectivity index (χ1n) is 7.24. The van der Waals surface area contributed by atoms with Gasteiger partial charge in [0.25, 0.3) is 0 Å². The monoisotopic (exact) mass is 293 g/mol. The van der Waals surface area contributed by atoms with E-state index >= 15 is 0 Å². The summed E-state index contributed by atoms with van der Waals surface area (Å²) in [6.07, 6.45) is 0.483. The van der Waals surface area contributed by atoms with E-state index in [1.54, 1.807) is 18.9 Å². The summed E-state index contributed by atoms with van der Waals surface area (Å²) in [6.45, 7) is 2.28. The number of hydrogen-bond acceptors (Lipinski definition) is 4. The van der Waals surface area contributed by atoms with E-state index in [4.69, 9.17) is 4.74 Å². The maximum Gasteiger partial charge on any atom is 0.222 e. The molecule has 116 valence electrons. The fourth-order valence-corrected chi connectivity index (χ4v) is 2.56. The quantitative estimate of drug-likeness (QED) is 0.868. The van der Waals surface area contributed by atoms with Crippen LogP contribution in [0.2, 0.25) is 0 Å². The number of carbonyl (C=O) groups is 1. The molecule has 0 spiro atoms.